The lowest BCUT2D eigenvalue weighted by Gasteiger charge is -2.05. The maximum Gasteiger partial charge on any atom is 0.0723 e. The molecule has 0 atom stereocenters. The largest absolute Gasteiger partial charge is 0.256 e. The maximum absolute atomic E-state index is 6.01. The molecule has 0 N–H and O–H groups in total. The topological polar surface area (TPSA) is 12.9 Å². The van der Waals surface area contributed by atoms with Gasteiger partial charge in [-0.05, 0) is 22.9 Å². The summed E-state index contributed by atoms with van der Waals surface area (Å²) in [6, 6.07) is 18.2. The Morgan fingerprint density at radius 2 is 1.71 bits per heavy atom. The molecular weight excluding hydrogens is 230 g/mol. The van der Waals surface area contributed by atoms with E-state index in [0.29, 0.717) is 5.02 Å². The Morgan fingerprint density at radius 3 is 2.59 bits per heavy atom. The van der Waals surface area contributed by atoms with Gasteiger partial charge in [-0.2, -0.15) is 0 Å². The van der Waals surface area contributed by atoms with Crippen LogP contribution in [-0.2, 0) is 0 Å². The number of fused-ring (bicyclic) bond motifs is 1. The summed E-state index contributed by atoms with van der Waals surface area (Å²) < 4.78 is 0. The van der Waals surface area contributed by atoms with Crippen LogP contribution < -0.4 is 0 Å². The van der Waals surface area contributed by atoms with Gasteiger partial charge in [0, 0.05) is 16.8 Å². The molecule has 1 aromatic heterocycles. The number of aromatic nitrogens is 1. The van der Waals surface area contributed by atoms with E-state index in [9.17, 15) is 0 Å². The van der Waals surface area contributed by atoms with Crippen LogP contribution in [0.2, 0.25) is 5.02 Å². The molecule has 2 aromatic carbocycles. The predicted octanol–water partition coefficient (Wildman–Crippen LogP) is 4.56. The molecule has 1 nitrogen and oxygen atoms in total. The van der Waals surface area contributed by atoms with Crippen LogP contribution in [0, 0.1) is 0 Å². The highest BCUT2D eigenvalue weighted by molar-refractivity contribution is 6.30. The van der Waals surface area contributed by atoms with E-state index in [2.05, 4.69) is 29.2 Å². The first-order valence-corrected chi connectivity index (χ1v) is 5.82. The lowest BCUT2D eigenvalue weighted by Crippen LogP contribution is -1.84. The van der Waals surface area contributed by atoms with E-state index in [1.165, 1.54) is 10.8 Å². The second kappa shape index (κ2) is 4.19. The lowest BCUT2D eigenvalue weighted by molar-refractivity contribution is 1.33. The quantitative estimate of drug-likeness (QED) is 0.607. The summed E-state index contributed by atoms with van der Waals surface area (Å²) in [5, 5.41) is 3.12. The summed E-state index contributed by atoms with van der Waals surface area (Å²) >= 11 is 6.01. The molecule has 3 aromatic rings. The Bertz CT molecular complexity index is 671. The molecule has 0 saturated carbocycles. The van der Waals surface area contributed by atoms with Gasteiger partial charge in [0.15, 0.2) is 0 Å². The van der Waals surface area contributed by atoms with E-state index < -0.39 is 0 Å². The number of nitrogens with zero attached hydrogens (tertiary/aromatic N) is 1. The molecule has 0 spiro atoms. The minimum atomic E-state index is 0.711. The maximum atomic E-state index is 6.01. The molecule has 0 bridgehead atoms. The summed E-state index contributed by atoms with van der Waals surface area (Å²) in [5.74, 6) is 0. The van der Waals surface area contributed by atoms with Gasteiger partial charge in [0.05, 0.1) is 5.69 Å². The van der Waals surface area contributed by atoms with Crippen molar-refractivity contribution in [3.05, 3.63) is 65.8 Å². The minimum absolute atomic E-state index is 0.711. The molecule has 82 valence electrons. The summed E-state index contributed by atoms with van der Waals surface area (Å²) in [6.07, 6.45) is 1.74. The van der Waals surface area contributed by atoms with Gasteiger partial charge >= 0.3 is 0 Å². The Kier molecular flexibility index (Phi) is 2.54. The summed E-state index contributed by atoms with van der Waals surface area (Å²) in [7, 11) is 0. The van der Waals surface area contributed by atoms with Gasteiger partial charge < -0.3 is 0 Å². The Labute approximate surface area is 105 Å². The van der Waals surface area contributed by atoms with E-state index in [-0.39, 0.29) is 0 Å². The summed E-state index contributed by atoms with van der Waals surface area (Å²) in [6.45, 7) is 0. The van der Waals surface area contributed by atoms with Gasteiger partial charge in [0.25, 0.3) is 0 Å². The zero-order valence-corrected chi connectivity index (χ0v) is 9.85. The van der Waals surface area contributed by atoms with Gasteiger partial charge in [-0.15, -0.1) is 0 Å². The third-order valence-corrected chi connectivity index (χ3v) is 3.02. The van der Waals surface area contributed by atoms with Crippen LogP contribution in [0.1, 0.15) is 0 Å². The Balaban J connectivity index is 2.30. The van der Waals surface area contributed by atoms with Crippen LogP contribution >= 0.6 is 11.6 Å². The third-order valence-electron chi connectivity index (χ3n) is 2.79. The Hall–Kier alpha value is -1.86. The second-order valence-corrected chi connectivity index (χ2v) is 4.32. The predicted molar refractivity (Wildman–Crippen MR) is 72.2 cm³/mol. The van der Waals surface area contributed by atoms with Crippen molar-refractivity contribution < 1.29 is 0 Å². The van der Waals surface area contributed by atoms with Crippen molar-refractivity contribution in [1.82, 2.24) is 4.98 Å². The first kappa shape index (κ1) is 10.3. The van der Waals surface area contributed by atoms with E-state index in [1.54, 1.807) is 12.3 Å². The molecular formula is C15H10ClN. The van der Waals surface area contributed by atoms with Gasteiger partial charge in [-0.1, -0.05) is 54.1 Å². The van der Waals surface area contributed by atoms with Crippen molar-refractivity contribution in [3.63, 3.8) is 0 Å². The van der Waals surface area contributed by atoms with E-state index in [4.69, 9.17) is 11.6 Å². The molecule has 0 amide bonds. The molecule has 2 heteroatoms. The number of hydrogen-bond acceptors (Lipinski definition) is 1. The van der Waals surface area contributed by atoms with Crippen molar-refractivity contribution >= 4 is 22.4 Å². The van der Waals surface area contributed by atoms with Gasteiger partial charge in [-0.25, -0.2) is 0 Å². The van der Waals surface area contributed by atoms with Crippen molar-refractivity contribution in [3.8, 4) is 11.3 Å². The van der Waals surface area contributed by atoms with Gasteiger partial charge in [-0.3, -0.25) is 4.98 Å². The number of hydrogen-bond donors (Lipinski definition) is 0. The van der Waals surface area contributed by atoms with E-state index in [0.717, 1.165) is 11.3 Å². The molecule has 0 unspecified atom stereocenters. The third kappa shape index (κ3) is 1.90. The minimum Gasteiger partial charge on any atom is -0.256 e. The first-order chi connectivity index (χ1) is 8.34. The number of pyridine rings is 1. The lowest BCUT2D eigenvalue weighted by atomic mass is 10.0. The molecule has 0 fully saturated rings. The van der Waals surface area contributed by atoms with E-state index >= 15 is 0 Å². The first-order valence-electron chi connectivity index (χ1n) is 5.44. The average molecular weight is 240 g/mol. The number of rotatable bonds is 1. The van der Waals surface area contributed by atoms with Crippen LogP contribution in [0.25, 0.3) is 22.0 Å². The SMILES string of the molecule is Clc1ccnc(-c2cccc3ccccc23)c1. The van der Waals surface area contributed by atoms with Crippen LogP contribution in [0.15, 0.2) is 60.8 Å². The highest BCUT2D eigenvalue weighted by Crippen LogP contribution is 2.28. The molecule has 0 radical (unpaired) electrons. The van der Waals surface area contributed by atoms with Gasteiger partial charge in [0.1, 0.15) is 0 Å². The monoisotopic (exact) mass is 239 g/mol. The normalized spacial score (nSPS) is 10.6. The highest BCUT2D eigenvalue weighted by Gasteiger charge is 2.04. The second-order valence-electron chi connectivity index (χ2n) is 3.89. The molecule has 0 aliphatic carbocycles. The molecule has 1 heterocycles. The smallest absolute Gasteiger partial charge is 0.0723 e. The molecule has 17 heavy (non-hydrogen) atoms. The van der Waals surface area contributed by atoms with Crippen molar-refractivity contribution in [2.24, 2.45) is 0 Å². The standard InChI is InChI=1S/C15H10ClN/c16-12-8-9-17-15(10-12)14-7-3-5-11-4-1-2-6-13(11)14/h1-10H. The number of halogens is 1. The van der Waals surface area contributed by atoms with E-state index in [1.807, 2.05) is 24.3 Å². The van der Waals surface area contributed by atoms with Crippen LogP contribution in [0.4, 0.5) is 0 Å². The van der Waals surface area contributed by atoms with Crippen LogP contribution in [-0.4, -0.2) is 4.98 Å². The molecule has 3 rings (SSSR count). The van der Waals surface area contributed by atoms with Gasteiger partial charge in [0.2, 0.25) is 0 Å². The summed E-state index contributed by atoms with van der Waals surface area (Å²) in [4.78, 5) is 4.38. The zero-order chi connectivity index (χ0) is 11.7. The molecule has 0 aliphatic heterocycles. The Morgan fingerprint density at radius 1 is 0.882 bits per heavy atom. The molecule has 0 aliphatic rings. The van der Waals surface area contributed by atoms with Crippen molar-refractivity contribution in [1.29, 1.82) is 0 Å². The molecule has 0 saturated heterocycles. The fourth-order valence-corrected chi connectivity index (χ4v) is 2.16. The fraction of sp³-hybridized carbons (Fsp3) is 0. The average Bonchev–Trinajstić information content (AvgIpc) is 2.38. The van der Waals surface area contributed by atoms with Crippen molar-refractivity contribution in [2.45, 2.75) is 0 Å². The highest BCUT2D eigenvalue weighted by atomic mass is 35.5. The summed E-state index contributed by atoms with van der Waals surface area (Å²) in [5.41, 5.74) is 2.03. The van der Waals surface area contributed by atoms with Crippen molar-refractivity contribution in [2.75, 3.05) is 0 Å². The number of benzene rings is 2. The fourth-order valence-electron chi connectivity index (χ4n) is 2.00. The zero-order valence-electron chi connectivity index (χ0n) is 9.10. The van der Waals surface area contributed by atoms with Crippen LogP contribution in [0.5, 0.6) is 0 Å². The van der Waals surface area contributed by atoms with Crippen LogP contribution in [0.3, 0.4) is 0 Å².